The summed E-state index contributed by atoms with van der Waals surface area (Å²) < 4.78 is 14.8. The zero-order valence-corrected chi connectivity index (χ0v) is 11.4. The van der Waals surface area contributed by atoms with Crippen molar-refractivity contribution in [3.05, 3.63) is 22.2 Å². The maximum atomic E-state index is 11.4. The van der Waals surface area contributed by atoms with Gasteiger partial charge in [-0.15, -0.1) is 0 Å². The number of hydrogen-bond donors (Lipinski definition) is 1. The van der Waals surface area contributed by atoms with E-state index in [9.17, 15) is 9.90 Å². The van der Waals surface area contributed by atoms with Crippen molar-refractivity contribution in [1.82, 2.24) is 0 Å². The van der Waals surface area contributed by atoms with Gasteiger partial charge >= 0.3 is 5.97 Å². The number of halogens is 1. The molecule has 0 spiro atoms. The highest BCUT2D eigenvalue weighted by atomic mass is 35.5. The van der Waals surface area contributed by atoms with Gasteiger partial charge in [0.1, 0.15) is 0 Å². The van der Waals surface area contributed by atoms with Crippen molar-refractivity contribution >= 4 is 17.6 Å². The second-order valence-electron chi connectivity index (χ2n) is 3.56. The Morgan fingerprint density at radius 3 is 2.39 bits per heavy atom. The van der Waals surface area contributed by atoms with E-state index in [4.69, 9.17) is 21.1 Å². The van der Waals surface area contributed by atoms with E-state index in [0.29, 0.717) is 17.1 Å². The molecule has 0 saturated carbocycles. The van der Waals surface area contributed by atoms with Crippen LogP contribution in [0.2, 0.25) is 5.02 Å². The quantitative estimate of drug-likeness (QED) is 0.849. The number of aliphatic hydroxyl groups excluding tert-OH is 1. The molecule has 0 radical (unpaired) electrons. The molecule has 5 nitrogen and oxygen atoms in total. The average Bonchev–Trinajstić information content (AvgIpc) is 2.36. The normalized spacial score (nSPS) is 11.9. The minimum Gasteiger partial charge on any atom is -0.493 e. The molecular weight excluding hydrogens is 260 g/mol. The topological polar surface area (TPSA) is 65.0 Å². The van der Waals surface area contributed by atoms with Crippen LogP contribution in [0.3, 0.4) is 0 Å². The summed E-state index contributed by atoms with van der Waals surface area (Å²) in [6.07, 6.45) is -1.46. The predicted molar refractivity (Wildman–Crippen MR) is 66.3 cm³/mol. The fourth-order valence-electron chi connectivity index (χ4n) is 1.72. The Labute approximate surface area is 110 Å². The summed E-state index contributed by atoms with van der Waals surface area (Å²) in [6.45, 7) is 1.68. The molecule has 1 N–H and O–H groups in total. The van der Waals surface area contributed by atoms with Crippen LogP contribution in [0.4, 0.5) is 0 Å². The monoisotopic (exact) mass is 274 g/mol. The Morgan fingerprint density at radius 1 is 1.33 bits per heavy atom. The molecule has 0 fully saturated rings. The van der Waals surface area contributed by atoms with Gasteiger partial charge in [-0.3, -0.25) is 0 Å². The Morgan fingerprint density at radius 2 is 1.94 bits per heavy atom. The van der Waals surface area contributed by atoms with Crippen molar-refractivity contribution in [1.29, 1.82) is 0 Å². The molecule has 100 valence electrons. The molecule has 6 heteroatoms. The smallest absolute Gasteiger partial charge is 0.339 e. The lowest BCUT2D eigenvalue weighted by molar-refractivity contribution is -0.150. The lowest BCUT2D eigenvalue weighted by Crippen LogP contribution is -2.15. The molecule has 0 aliphatic heterocycles. The average molecular weight is 275 g/mol. The standard InChI is InChI=1S/C12H15ClO5/c1-6-9(10(14)12(15)18-4)7(13)5-8(16-2)11(6)17-3/h5,10,14H,1-4H3. The second-order valence-corrected chi connectivity index (χ2v) is 3.97. The SMILES string of the molecule is COC(=O)C(O)c1c(Cl)cc(OC)c(OC)c1C. The first kappa shape index (κ1) is 14.6. The molecule has 1 atom stereocenters. The Bertz CT molecular complexity index is 458. The maximum Gasteiger partial charge on any atom is 0.339 e. The zero-order chi connectivity index (χ0) is 13.9. The number of aliphatic hydroxyl groups is 1. The molecule has 1 aromatic carbocycles. The van der Waals surface area contributed by atoms with Gasteiger partial charge in [0.2, 0.25) is 0 Å². The fraction of sp³-hybridized carbons (Fsp3) is 0.417. The summed E-state index contributed by atoms with van der Waals surface area (Å²) in [6, 6.07) is 1.48. The Kier molecular flexibility index (Phi) is 4.81. The second kappa shape index (κ2) is 5.93. The lowest BCUT2D eigenvalue weighted by Gasteiger charge is -2.18. The van der Waals surface area contributed by atoms with E-state index in [1.807, 2.05) is 0 Å². The van der Waals surface area contributed by atoms with Gasteiger partial charge in [0, 0.05) is 17.2 Å². The Balaban J connectivity index is 3.41. The molecule has 1 aromatic rings. The van der Waals surface area contributed by atoms with Crippen molar-refractivity contribution in [3.63, 3.8) is 0 Å². The van der Waals surface area contributed by atoms with Crippen molar-refractivity contribution in [3.8, 4) is 11.5 Å². The first-order chi connectivity index (χ1) is 8.47. The van der Waals surface area contributed by atoms with E-state index in [-0.39, 0.29) is 10.6 Å². The van der Waals surface area contributed by atoms with Crippen molar-refractivity contribution in [2.45, 2.75) is 13.0 Å². The van der Waals surface area contributed by atoms with E-state index in [1.54, 1.807) is 6.92 Å². The van der Waals surface area contributed by atoms with Gasteiger partial charge in [-0.25, -0.2) is 4.79 Å². The molecule has 0 saturated heterocycles. The zero-order valence-electron chi connectivity index (χ0n) is 10.6. The van der Waals surface area contributed by atoms with Crippen LogP contribution in [-0.4, -0.2) is 32.4 Å². The number of methoxy groups -OCH3 is 3. The minimum atomic E-state index is -1.46. The molecular formula is C12H15ClO5. The van der Waals surface area contributed by atoms with Gasteiger partial charge in [-0.1, -0.05) is 11.6 Å². The molecule has 0 heterocycles. The third-order valence-corrected chi connectivity index (χ3v) is 2.92. The van der Waals surface area contributed by atoms with Crippen molar-refractivity contribution < 1.29 is 24.1 Å². The molecule has 0 aliphatic rings. The fourth-order valence-corrected chi connectivity index (χ4v) is 2.06. The third kappa shape index (κ3) is 2.52. The van der Waals surface area contributed by atoms with Crippen LogP contribution in [0.15, 0.2) is 6.07 Å². The number of carbonyl (C=O) groups excluding carboxylic acids is 1. The largest absolute Gasteiger partial charge is 0.493 e. The van der Waals surface area contributed by atoms with Crippen LogP contribution in [0.5, 0.6) is 11.5 Å². The number of hydrogen-bond acceptors (Lipinski definition) is 5. The number of benzene rings is 1. The maximum absolute atomic E-state index is 11.4. The minimum absolute atomic E-state index is 0.211. The van der Waals surface area contributed by atoms with Crippen LogP contribution in [0, 0.1) is 6.92 Å². The summed E-state index contributed by atoms with van der Waals surface area (Å²) in [5, 5.41) is 10.1. The molecule has 0 aromatic heterocycles. The number of rotatable bonds is 4. The first-order valence-corrected chi connectivity index (χ1v) is 5.52. The van der Waals surface area contributed by atoms with E-state index in [0.717, 1.165) is 0 Å². The number of esters is 1. The Hall–Kier alpha value is -1.46. The number of ether oxygens (including phenoxy) is 3. The highest BCUT2D eigenvalue weighted by molar-refractivity contribution is 6.32. The molecule has 1 rings (SSSR count). The third-order valence-electron chi connectivity index (χ3n) is 2.61. The summed E-state index contributed by atoms with van der Waals surface area (Å²) in [5.74, 6) is 0.0629. The van der Waals surface area contributed by atoms with E-state index in [1.165, 1.54) is 27.4 Å². The van der Waals surface area contributed by atoms with E-state index in [2.05, 4.69) is 4.74 Å². The highest BCUT2D eigenvalue weighted by Gasteiger charge is 2.26. The summed E-state index contributed by atoms with van der Waals surface area (Å²) in [5.41, 5.74) is 0.779. The van der Waals surface area contributed by atoms with Crippen LogP contribution in [0.25, 0.3) is 0 Å². The van der Waals surface area contributed by atoms with Gasteiger partial charge in [-0.2, -0.15) is 0 Å². The van der Waals surface area contributed by atoms with Gasteiger partial charge in [0.05, 0.1) is 26.4 Å². The van der Waals surface area contributed by atoms with E-state index < -0.39 is 12.1 Å². The molecule has 18 heavy (non-hydrogen) atoms. The van der Waals surface area contributed by atoms with Crippen molar-refractivity contribution in [2.75, 3.05) is 21.3 Å². The summed E-state index contributed by atoms with van der Waals surface area (Å²) >= 11 is 6.03. The van der Waals surface area contributed by atoms with Gasteiger partial charge < -0.3 is 19.3 Å². The molecule has 0 amide bonds. The van der Waals surface area contributed by atoms with Crippen LogP contribution < -0.4 is 9.47 Å². The van der Waals surface area contributed by atoms with Crippen molar-refractivity contribution in [2.24, 2.45) is 0 Å². The highest BCUT2D eigenvalue weighted by Crippen LogP contribution is 2.40. The van der Waals surface area contributed by atoms with Crippen LogP contribution in [0.1, 0.15) is 17.2 Å². The van der Waals surface area contributed by atoms with Crippen LogP contribution >= 0.6 is 11.6 Å². The van der Waals surface area contributed by atoms with Crippen LogP contribution in [-0.2, 0) is 9.53 Å². The molecule has 1 unspecified atom stereocenters. The molecule has 0 bridgehead atoms. The predicted octanol–water partition coefficient (Wildman–Crippen LogP) is 1.87. The molecule has 0 aliphatic carbocycles. The van der Waals surface area contributed by atoms with Gasteiger partial charge in [-0.05, 0) is 6.92 Å². The van der Waals surface area contributed by atoms with Gasteiger partial charge in [0.25, 0.3) is 0 Å². The summed E-state index contributed by atoms with van der Waals surface area (Å²) in [7, 11) is 4.13. The number of carbonyl (C=O) groups is 1. The summed E-state index contributed by atoms with van der Waals surface area (Å²) in [4.78, 5) is 11.4. The first-order valence-electron chi connectivity index (χ1n) is 5.14. The van der Waals surface area contributed by atoms with Gasteiger partial charge in [0.15, 0.2) is 17.6 Å². The lowest BCUT2D eigenvalue weighted by atomic mass is 10.0. The van der Waals surface area contributed by atoms with E-state index >= 15 is 0 Å².